The lowest BCUT2D eigenvalue weighted by Crippen LogP contribution is -2.18. The highest BCUT2D eigenvalue weighted by atomic mass is 32.2. The van der Waals surface area contributed by atoms with E-state index in [-0.39, 0.29) is 18.1 Å². The number of aryl methyl sites for hydroxylation is 2. The van der Waals surface area contributed by atoms with Crippen molar-refractivity contribution < 1.29 is 9.53 Å². The van der Waals surface area contributed by atoms with Crippen LogP contribution in [0.15, 0.2) is 40.3 Å². The van der Waals surface area contributed by atoms with Gasteiger partial charge in [0.2, 0.25) is 0 Å². The number of fused-ring (bicyclic) bond motifs is 1. The molecule has 5 nitrogen and oxygen atoms in total. The molecule has 0 amide bonds. The summed E-state index contributed by atoms with van der Waals surface area (Å²) in [5.41, 5.74) is 1.73. The zero-order chi connectivity index (χ0) is 18.0. The molecular weight excluding hydrogens is 356 g/mol. The lowest BCUT2D eigenvalue weighted by molar-refractivity contribution is -0.143. The van der Waals surface area contributed by atoms with Crippen molar-refractivity contribution in [2.75, 3.05) is 0 Å². The summed E-state index contributed by atoms with van der Waals surface area (Å²) in [5, 5.41) is 0.598. The number of thioether (sulfide) groups is 1. The van der Waals surface area contributed by atoms with E-state index in [1.165, 1.54) is 23.1 Å². The third-order valence-corrected chi connectivity index (χ3v) is 5.93. The molecule has 130 valence electrons. The van der Waals surface area contributed by atoms with Crippen molar-refractivity contribution in [1.29, 1.82) is 0 Å². The largest absolute Gasteiger partial charge is 0.460 e. The number of aromatic nitrogens is 2. The highest BCUT2D eigenvalue weighted by Crippen LogP contribution is 2.28. The third-order valence-electron chi connectivity index (χ3n) is 3.86. The first kappa shape index (κ1) is 17.7. The van der Waals surface area contributed by atoms with Crippen molar-refractivity contribution in [3.05, 3.63) is 56.7 Å². The van der Waals surface area contributed by atoms with Gasteiger partial charge in [-0.05, 0) is 31.9 Å². The Morgan fingerprint density at radius 1 is 1.32 bits per heavy atom. The normalized spacial score (nSPS) is 12.3. The molecule has 0 radical (unpaired) electrons. The van der Waals surface area contributed by atoms with E-state index in [9.17, 15) is 9.59 Å². The number of aromatic amines is 1. The number of ether oxygens (including phenoxy) is 1. The van der Waals surface area contributed by atoms with Crippen LogP contribution < -0.4 is 5.56 Å². The van der Waals surface area contributed by atoms with Gasteiger partial charge in [0.1, 0.15) is 16.7 Å². The summed E-state index contributed by atoms with van der Waals surface area (Å²) >= 11 is 2.69. The minimum absolute atomic E-state index is 0.167. The summed E-state index contributed by atoms with van der Waals surface area (Å²) in [7, 11) is 0. The summed E-state index contributed by atoms with van der Waals surface area (Å²) in [4.78, 5) is 33.5. The number of nitrogens with zero attached hydrogens (tertiary/aromatic N) is 1. The molecule has 0 aliphatic carbocycles. The Balaban J connectivity index is 1.70. The van der Waals surface area contributed by atoms with Crippen molar-refractivity contribution in [1.82, 2.24) is 9.97 Å². The van der Waals surface area contributed by atoms with Gasteiger partial charge >= 0.3 is 5.97 Å². The zero-order valence-corrected chi connectivity index (χ0v) is 15.8. The number of carbonyl (C=O) groups excluding carboxylic acids is 1. The molecule has 0 fully saturated rings. The first-order valence-corrected chi connectivity index (χ1v) is 9.52. The van der Waals surface area contributed by atoms with E-state index in [1.54, 1.807) is 6.92 Å². The van der Waals surface area contributed by atoms with E-state index in [1.807, 2.05) is 44.2 Å². The maximum absolute atomic E-state index is 12.3. The Labute approximate surface area is 153 Å². The third kappa shape index (κ3) is 3.93. The average molecular weight is 374 g/mol. The summed E-state index contributed by atoms with van der Waals surface area (Å²) in [5.74, 6) is -0.338. The number of thiophene rings is 1. The molecule has 0 saturated carbocycles. The molecule has 2 aromatic heterocycles. The predicted octanol–water partition coefficient (Wildman–Crippen LogP) is 3.83. The fourth-order valence-corrected chi connectivity index (χ4v) is 4.23. The van der Waals surface area contributed by atoms with Crippen LogP contribution in [0.3, 0.4) is 0 Å². The topological polar surface area (TPSA) is 72.0 Å². The number of carbonyl (C=O) groups is 1. The Kier molecular flexibility index (Phi) is 5.24. The monoisotopic (exact) mass is 374 g/mol. The Bertz CT molecular complexity index is 964. The maximum Gasteiger partial charge on any atom is 0.319 e. The van der Waals surface area contributed by atoms with Gasteiger partial charge in [-0.15, -0.1) is 11.3 Å². The molecule has 3 rings (SSSR count). The van der Waals surface area contributed by atoms with Crippen LogP contribution in [0.5, 0.6) is 0 Å². The second kappa shape index (κ2) is 7.41. The van der Waals surface area contributed by atoms with Crippen LogP contribution in [-0.4, -0.2) is 21.2 Å². The number of rotatable bonds is 5. The van der Waals surface area contributed by atoms with Gasteiger partial charge in [-0.1, -0.05) is 42.1 Å². The molecule has 1 unspecified atom stereocenters. The van der Waals surface area contributed by atoms with E-state index in [0.717, 1.165) is 16.0 Å². The summed E-state index contributed by atoms with van der Waals surface area (Å²) in [6.45, 7) is 5.86. The van der Waals surface area contributed by atoms with E-state index >= 15 is 0 Å². The van der Waals surface area contributed by atoms with Gasteiger partial charge in [0.15, 0.2) is 5.16 Å². The van der Waals surface area contributed by atoms with Gasteiger partial charge < -0.3 is 9.72 Å². The molecule has 0 spiro atoms. The highest BCUT2D eigenvalue weighted by Gasteiger charge is 2.19. The number of benzene rings is 1. The Morgan fingerprint density at radius 2 is 2.04 bits per heavy atom. The number of hydrogen-bond donors (Lipinski definition) is 1. The summed E-state index contributed by atoms with van der Waals surface area (Å²) in [6.07, 6.45) is 0. The summed E-state index contributed by atoms with van der Waals surface area (Å²) in [6, 6.07) is 9.52. The zero-order valence-electron chi connectivity index (χ0n) is 14.2. The molecule has 25 heavy (non-hydrogen) atoms. The first-order chi connectivity index (χ1) is 12.0. The lowest BCUT2D eigenvalue weighted by Gasteiger charge is -2.10. The Hall–Kier alpha value is -2.12. The molecule has 7 heteroatoms. The first-order valence-electron chi connectivity index (χ1n) is 7.83. The lowest BCUT2D eigenvalue weighted by atomic mass is 10.2. The van der Waals surface area contributed by atoms with Crippen LogP contribution in [0.1, 0.15) is 22.9 Å². The van der Waals surface area contributed by atoms with Crippen LogP contribution in [0.2, 0.25) is 0 Å². The van der Waals surface area contributed by atoms with Crippen molar-refractivity contribution in [3.63, 3.8) is 0 Å². The Morgan fingerprint density at radius 3 is 2.76 bits per heavy atom. The molecule has 0 saturated heterocycles. The number of esters is 1. The second-order valence-corrected chi connectivity index (χ2v) is 8.22. The van der Waals surface area contributed by atoms with E-state index in [0.29, 0.717) is 15.4 Å². The number of hydrogen-bond acceptors (Lipinski definition) is 6. The van der Waals surface area contributed by atoms with Crippen LogP contribution in [0, 0.1) is 13.8 Å². The van der Waals surface area contributed by atoms with Crippen LogP contribution in [0.4, 0.5) is 0 Å². The van der Waals surface area contributed by atoms with Gasteiger partial charge in [-0.25, -0.2) is 4.98 Å². The van der Waals surface area contributed by atoms with E-state index in [2.05, 4.69) is 9.97 Å². The quantitative estimate of drug-likeness (QED) is 0.417. The predicted molar refractivity (Wildman–Crippen MR) is 101 cm³/mol. The van der Waals surface area contributed by atoms with Gasteiger partial charge in [0, 0.05) is 4.88 Å². The number of nitrogens with one attached hydrogen (secondary N) is 1. The maximum atomic E-state index is 12.3. The molecule has 3 aromatic rings. The fraction of sp³-hybridized carbons (Fsp3) is 0.278. The molecule has 1 aromatic carbocycles. The molecular formula is C18H18N2O3S2. The standard InChI is InChI=1S/C18H18N2O3S2/c1-10-11(2)24-16-14(10)15(21)19-18(20-16)25-12(3)17(22)23-9-13-7-5-4-6-8-13/h4-8,12H,9H2,1-3H3,(H,19,20,21). The van der Waals surface area contributed by atoms with Gasteiger partial charge in [-0.3, -0.25) is 9.59 Å². The van der Waals surface area contributed by atoms with Gasteiger partial charge in [0.05, 0.1) is 5.39 Å². The van der Waals surface area contributed by atoms with Crippen LogP contribution in [0.25, 0.3) is 10.2 Å². The van der Waals surface area contributed by atoms with Gasteiger partial charge in [0.25, 0.3) is 5.56 Å². The molecule has 0 bridgehead atoms. The molecule has 2 heterocycles. The van der Waals surface area contributed by atoms with Crippen molar-refractivity contribution in [2.24, 2.45) is 0 Å². The molecule has 1 N–H and O–H groups in total. The SMILES string of the molecule is Cc1sc2nc(SC(C)C(=O)OCc3ccccc3)[nH]c(=O)c2c1C. The van der Waals surface area contributed by atoms with Crippen molar-refractivity contribution in [2.45, 2.75) is 37.8 Å². The van der Waals surface area contributed by atoms with Crippen LogP contribution in [-0.2, 0) is 16.1 Å². The van der Waals surface area contributed by atoms with E-state index < -0.39 is 5.25 Å². The molecule has 1 atom stereocenters. The average Bonchev–Trinajstić information content (AvgIpc) is 2.88. The second-order valence-electron chi connectivity index (χ2n) is 5.69. The number of H-pyrrole nitrogens is 1. The van der Waals surface area contributed by atoms with E-state index in [4.69, 9.17) is 4.74 Å². The summed E-state index contributed by atoms with van der Waals surface area (Å²) < 4.78 is 5.33. The minimum atomic E-state index is -0.466. The smallest absolute Gasteiger partial charge is 0.319 e. The van der Waals surface area contributed by atoms with Gasteiger partial charge in [-0.2, -0.15) is 0 Å². The van der Waals surface area contributed by atoms with Crippen molar-refractivity contribution >= 4 is 39.3 Å². The van der Waals surface area contributed by atoms with Crippen molar-refractivity contribution in [3.8, 4) is 0 Å². The van der Waals surface area contributed by atoms with Crippen LogP contribution >= 0.6 is 23.1 Å². The molecule has 0 aliphatic heterocycles. The molecule has 0 aliphatic rings. The fourth-order valence-electron chi connectivity index (χ4n) is 2.35. The highest BCUT2D eigenvalue weighted by molar-refractivity contribution is 8.00. The minimum Gasteiger partial charge on any atom is -0.460 e.